The Hall–Kier alpha value is -3.35. The third kappa shape index (κ3) is 4.74. The molecule has 0 aliphatic carbocycles. The second-order valence-corrected chi connectivity index (χ2v) is 6.79. The molecular formula is C22H23FN4O2. The van der Waals surface area contributed by atoms with Crippen LogP contribution >= 0.6 is 0 Å². The number of aromatic nitrogens is 2. The number of nitrogens with one attached hydrogen (secondary N) is 1. The first-order chi connectivity index (χ1) is 13.9. The maximum Gasteiger partial charge on any atom is 0.254 e. The van der Waals surface area contributed by atoms with Crippen molar-refractivity contribution < 1.29 is 14.0 Å². The molecule has 0 radical (unpaired) electrons. The Morgan fingerprint density at radius 2 is 1.76 bits per heavy atom. The van der Waals surface area contributed by atoms with E-state index < -0.39 is 11.7 Å². The fourth-order valence-electron chi connectivity index (χ4n) is 3.01. The highest BCUT2D eigenvalue weighted by molar-refractivity contribution is 6.05. The van der Waals surface area contributed by atoms with Crippen LogP contribution in [0.5, 0.6) is 0 Å². The van der Waals surface area contributed by atoms with Gasteiger partial charge in [-0.1, -0.05) is 30.3 Å². The molecule has 0 aliphatic rings. The quantitative estimate of drug-likeness (QED) is 0.697. The fraction of sp³-hybridized carbons (Fsp3) is 0.273. The molecule has 0 aliphatic heterocycles. The summed E-state index contributed by atoms with van der Waals surface area (Å²) in [6.45, 7) is 6.21. The molecule has 7 heteroatoms. The number of rotatable bonds is 6. The zero-order valence-electron chi connectivity index (χ0n) is 16.7. The number of fused-ring (bicyclic) bond motifs is 1. The number of likely N-dealkylation sites (N-methyl/N-ethyl adjacent to an activating group) is 1. The molecular weight excluding hydrogens is 371 g/mol. The van der Waals surface area contributed by atoms with E-state index in [-0.39, 0.29) is 18.0 Å². The number of halogens is 1. The van der Waals surface area contributed by atoms with Crippen molar-refractivity contribution in [1.82, 2.24) is 20.2 Å². The SMILES string of the molecule is CCN(Cc1ccccc1)C(=O)CNC(=O)c1cc(F)cc2nc(C)c(C)nc12. The molecule has 1 heterocycles. The molecule has 3 aromatic rings. The summed E-state index contributed by atoms with van der Waals surface area (Å²) in [5.74, 6) is -1.36. The molecule has 0 saturated carbocycles. The standard InChI is InChI=1S/C22H23FN4O2/c1-4-27(13-16-8-6-5-7-9-16)20(28)12-24-22(29)18-10-17(23)11-19-21(18)26-15(3)14(2)25-19/h5-11H,4,12-13H2,1-3H3,(H,24,29). The van der Waals surface area contributed by atoms with E-state index in [1.165, 1.54) is 6.07 Å². The lowest BCUT2D eigenvalue weighted by atomic mass is 10.1. The zero-order valence-corrected chi connectivity index (χ0v) is 16.7. The van der Waals surface area contributed by atoms with Gasteiger partial charge in [0, 0.05) is 19.2 Å². The van der Waals surface area contributed by atoms with E-state index in [0.717, 1.165) is 11.6 Å². The van der Waals surface area contributed by atoms with Gasteiger partial charge in [-0.15, -0.1) is 0 Å². The highest BCUT2D eigenvalue weighted by Gasteiger charge is 2.18. The highest BCUT2D eigenvalue weighted by atomic mass is 19.1. The number of benzene rings is 2. The Morgan fingerprint density at radius 3 is 2.45 bits per heavy atom. The topological polar surface area (TPSA) is 75.2 Å². The largest absolute Gasteiger partial charge is 0.343 e. The average Bonchev–Trinajstić information content (AvgIpc) is 2.71. The minimum absolute atomic E-state index is 0.0644. The molecule has 0 unspecified atom stereocenters. The Morgan fingerprint density at radius 1 is 1.07 bits per heavy atom. The van der Waals surface area contributed by atoms with E-state index in [1.807, 2.05) is 37.3 Å². The number of aryl methyl sites for hydroxylation is 2. The van der Waals surface area contributed by atoms with Gasteiger partial charge in [-0.25, -0.2) is 14.4 Å². The molecule has 0 fully saturated rings. The molecule has 2 amide bonds. The monoisotopic (exact) mass is 394 g/mol. The molecule has 6 nitrogen and oxygen atoms in total. The van der Waals surface area contributed by atoms with Gasteiger partial charge in [0.2, 0.25) is 5.91 Å². The molecule has 150 valence electrons. The highest BCUT2D eigenvalue weighted by Crippen LogP contribution is 2.19. The van der Waals surface area contributed by atoms with Gasteiger partial charge in [-0.2, -0.15) is 0 Å². The number of nitrogens with zero attached hydrogens (tertiary/aromatic N) is 3. The second kappa shape index (κ2) is 8.77. The van der Waals surface area contributed by atoms with Crippen LogP contribution in [0, 0.1) is 19.7 Å². The summed E-state index contributed by atoms with van der Waals surface area (Å²) in [6.07, 6.45) is 0. The Labute approximate surface area is 168 Å². The van der Waals surface area contributed by atoms with Crippen LogP contribution in [0.3, 0.4) is 0 Å². The van der Waals surface area contributed by atoms with Crippen LogP contribution in [-0.4, -0.2) is 39.8 Å². The fourth-order valence-corrected chi connectivity index (χ4v) is 3.01. The van der Waals surface area contributed by atoms with Gasteiger partial charge < -0.3 is 10.2 Å². The molecule has 1 N–H and O–H groups in total. The molecule has 0 bridgehead atoms. The van der Waals surface area contributed by atoms with Crippen molar-refractivity contribution in [1.29, 1.82) is 0 Å². The van der Waals surface area contributed by atoms with Crippen LogP contribution in [0.25, 0.3) is 11.0 Å². The van der Waals surface area contributed by atoms with Gasteiger partial charge in [0.1, 0.15) is 11.3 Å². The smallest absolute Gasteiger partial charge is 0.254 e. The van der Waals surface area contributed by atoms with Gasteiger partial charge in [-0.3, -0.25) is 9.59 Å². The minimum atomic E-state index is -0.578. The van der Waals surface area contributed by atoms with Crippen molar-refractivity contribution in [2.75, 3.05) is 13.1 Å². The first kappa shape index (κ1) is 20.4. The molecule has 2 aromatic carbocycles. The summed E-state index contributed by atoms with van der Waals surface area (Å²) in [5.41, 5.74) is 3.03. The van der Waals surface area contributed by atoms with Crippen molar-refractivity contribution in [3.8, 4) is 0 Å². The summed E-state index contributed by atoms with van der Waals surface area (Å²) < 4.78 is 14.0. The van der Waals surface area contributed by atoms with Crippen molar-refractivity contribution in [3.63, 3.8) is 0 Å². The van der Waals surface area contributed by atoms with Gasteiger partial charge in [0.25, 0.3) is 5.91 Å². The number of hydrogen-bond donors (Lipinski definition) is 1. The van der Waals surface area contributed by atoms with Gasteiger partial charge in [-0.05, 0) is 32.4 Å². The Balaban J connectivity index is 1.74. The lowest BCUT2D eigenvalue weighted by Gasteiger charge is -2.21. The summed E-state index contributed by atoms with van der Waals surface area (Å²) in [4.78, 5) is 35.6. The molecule has 0 atom stereocenters. The summed E-state index contributed by atoms with van der Waals surface area (Å²) >= 11 is 0. The third-order valence-corrected chi connectivity index (χ3v) is 4.74. The molecule has 3 rings (SSSR count). The van der Waals surface area contributed by atoms with Crippen LogP contribution in [0.2, 0.25) is 0 Å². The van der Waals surface area contributed by atoms with E-state index >= 15 is 0 Å². The number of hydrogen-bond acceptors (Lipinski definition) is 4. The predicted octanol–water partition coefficient (Wildman–Crippen LogP) is 3.16. The van der Waals surface area contributed by atoms with Crippen molar-refractivity contribution in [2.45, 2.75) is 27.3 Å². The van der Waals surface area contributed by atoms with Crippen molar-refractivity contribution >= 4 is 22.8 Å². The normalized spacial score (nSPS) is 10.8. The lowest BCUT2D eigenvalue weighted by molar-refractivity contribution is -0.130. The Kier molecular flexibility index (Phi) is 6.16. The van der Waals surface area contributed by atoms with Crippen LogP contribution < -0.4 is 5.32 Å². The van der Waals surface area contributed by atoms with E-state index in [1.54, 1.807) is 18.7 Å². The summed E-state index contributed by atoms with van der Waals surface area (Å²) in [6, 6.07) is 12.0. The summed E-state index contributed by atoms with van der Waals surface area (Å²) in [5, 5.41) is 2.59. The minimum Gasteiger partial charge on any atom is -0.343 e. The average molecular weight is 394 g/mol. The first-order valence-corrected chi connectivity index (χ1v) is 9.43. The van der Waals surface area contributed by atoms with E-state index in [9.17, 15) is 14.0 Å². The van der Waals surface area contributed by atoms with Gasteiger partial charge in [0.15, 0.2) is 0 Å². The predicted molar refractivity (Wildman–Crippen MR) is 109 cm³/mol. The van der Waals surface area contributed by atoms with Crippen molar-refractivity contribution in [3.05, 3.63) is 70.8 Å². The molecule has 0 saturated heterocycles. The van der Waals surface area contributed by atoms with Gasteiger partial charge in [0.05, 0.1) is 29.0 Å². The Bertz CT molecular complexity index is 1050. The van der Waals surface area contributed by atoms with Crippen LogP contribution in [0.15, 0.2) is 42.5 Å². The van der Waals surface area contributed by atoms with E-state index in [2.05, 4.69) is 15.3 Å². The van der Waals surface area contributed by atoms with Crippen LogP contribution in [0.1, 0.15) is 34.2 Å². The number of carbonyl (C=O) groups excluding carboxylic acids is 2. The molecule has 29 heavy (non-hydrogen) atoms. The van der Waals surface area contributed by atoms with E-state index in [4.69, 9.17) is 0 Å². The second-order valence-electron chi connectivity index (χ2n) is 6.79. The van der Waals surface area contributed by atoms with Gasteiger partial charge >= 0.3 is 0 Å². The number of amides is 2. The van der Waals surface area contributed by atoms with Crippen LogP contribution in [0.4, 0.5) is 4.39 Å². The summed E-state index contributed by atoms with van der Waals surface area (Å²) in [7, 11) is 0. The maximum absolute atomic E-state index is 14.0. The molecule has 0 spiro atoms. The van der Waals surface area contributed by atoms with E-state index in [0.29, 0.717) is 35.5 Å². The van der Waals surface area contributed by atoms with Crippen molar-refractivity contribution in [2.24, 2.45) is 0 Å². The first-order valence-electron chi connectivity index (χ1n) is 9.43. The third-order valence-electron chi connectivity index (χ3n) is 4.74. The zero-order chi connectivity index (χ0) is 21.0. The molecule has 1 aromatic heterocycles. The maximum atomic E-state index is 14.0. The number of carbonyl (C=O) groups is 2. The lowest BCUT2D eigenvalue weighted by Crippen LogP contribution is -2.39. The van der Waals surface area contributed by atoms with Crippen LogP contribution in [-0.2, 0) is 11.3 Å².